The van der Waals surface area contributed by atoms with Crippen LogP contribution in [0.2, 0.25) is 10.0 Å². The van der Waals surface area contributed by atoms with Crippen LogP contribution < -0.4 is 5.32 Å². The van der Waals surface area contributed by atoms with Gasteiger partial charge in [0.2, 0.25) is 0 Å². The minimum absolute atomic E-state index is 0.252. The van der Waals surface area contributed by atoms with E-state index >= 15 is 0 Å². The summed E-state index contributed by atoms with van der Waals surface area (Å²) < 4.78 is 0. The highest BCUT2D eigenvalue weighted by atomic mass is 35.5. The number of halogens is 2. The van der Waals surface area contributed by atoms with Crippen LogP contribution in [-0.4, -0.2) is 10.9 Å². The topological polar surface area (TPSA) is 42.0 Å². The zero-order valence-electron chi connectivity index (χ0n) is 15.0. The van der Waals surface area contributed by atoms with Crippen LogP contribution in [-0.2, 0) is 0 Å². The molecule has 3 aromatic carbocycles. The van der Waals surface area contributed by atoms with Gasteiger partial charge in [-0.3, -0.25) is 4.79 Å². The number of aryl methyl sites for hydroxylation is 1. The molecule has 0 aliphatic rings. The smallest absolute Gasteiger partial charge is 0.256 e. The first kappa shape index (κ1) is 18.5. The van der Waals surface area contributed by atoms with Crippen molar-refractivity contribution in [2.75, 3.05) is 5.32 Å². The Balaban J connectivity index is 1.83. The predicted molar refractivity (Wildman–Crippen MR) is 116 cm³/mol. The second-order valence-corrected chi connectivity index (χ2v) is 7.31. The lowest BCUT2D eigenvalue weighted by molar-refractivity contribution is 0.102. The molecule has 0 saturated heterocycles. The molecule has 1 N–H and O–H groups in total. The Hall–Kier alpha value is -2.88. The van der Waals surface area contributed by atoms with E-state index in [4.69, 9.17) is 28.2 Å². The minimum Gasteiger partial charge on any atom is -0.321 e. The molecule has 0 unspecified atom stereocenters. The molecular weight excluding hydrogens is 391 g/mol. The maximum atomic E-state index is 13.1. The van der Waals surface area contributed by atoms with E-state index in [1.54, 1.807) is 18.2 Å². The molecule has 138 valence electrons. The van der Waals surface area contributed by atoms with Crippen molar-refractivity contribution in [2.45, 2.75) is 6.92 Å². The number of aromatic nitrogens is 1. The van der Waals surface area contributed by atoms with Crippen LogP contribution in [0.25, 0.3) is 22.2 Å². The van der Waals surface area contributed by atoms with Gasteiger partial charge in [-0.1, -0.05) is 65.7 Å². The SMILES string of the molecule is Cc1ccccc1-c1cc(C(=O)Nc2ccc(Cl)cc2Cl)c2ccccc2n1. The molecule has 5 heteroatoms. The lowest BCUT2D eigenvalue weighted by atomic mass is 10.0. The molecular formula is C23H16Cl2N2O. The quantitative estimate of drug-likeness (QED) is 0.407. The van der Waals surface area contributed by atoms with Gasteiger partial charge in [0.1, 0.15) is 0 Å². The third-order valence-electron chi connectivity index (χ3n) is 4.56. The molecule has 4 aromatic rings. The normalized spacial score (nSPS) is 10.8. The van der Waals surface area contributed by atoms with E-state index in [1.807, 2.05) is 61.5 Å². The van der Waals surface area contributed by atoms with Crippen molar-refractivity contribution in [3.8, 4) is 11.3 Å². The number of nitrogens with zero attached hydrogens (tertiary/aromatic N) is 1. The second-order valence-electron chi connectivity index (χ2n) is 6.47. The molecule has 0 fully saturated rings. The van der Waals surface area contributed by atoms with E-state index < -0.39 is 0 Å². The van der Waals surface area contributed by atoms with E-state index in [-0.39, 0.29) is 5.91 Å². The van der Waals surface area contributed by atoms with Crippen molar-refractivity contribution in [1.29, 1.82) is 0 Å². The summed E-state index contributed by atoms with van der Waals surface area (Å²) in [7, 11) is 0. The van der Waals surface area contributed by atoms with Crippen LogP contribution in [0.1, 0.15) is 15.9 Å². The highest BCUT2D eigenvalue weighted by molar-refractivity contribution is 6.37. The summed E-state index contributed by atoms with van der Waals surface area (Å²) >= 11 is 12.2. The van der Waals surface area contributed by atoms with Gasteiger partial charge in [-0.15, -0.1) is 0 Å². The highest BCUT2D eigenvalue weighted by Gasteiger charge is 2.16. The maximum Gasteiger partial charge on any atom is 0.256 e. The lowest BCUT2D eigenvalue weighted by Crippen LogP contribution is -2.13. The Morgan fingerprint density at radius 3 is 2.46 bits per heavy atom. The summed E-state index contributed by atoms with van der Waals surface area (Å²) in [6.45, 7) is 2.03. The van der Waals surface area contributed by atoms with Crippen LogP contribution in [0, 0.1) is 6.92 Å². The van der Waals surface area contributed by atoms with E-state index in [0.717, 1.165) is 27.7 Å². The molecule has 1 aromatic heterocycles. The number of carbonyl (C=O) groups is 1. The third-order valence-corrected chi connectivity index (χ3v) is 5.11. The van der Waals surface area contributed by atoms with Crippen molar-refractivity contribution < 1.29 is 4.79 Å². The number of hydrogen-bond donors (Lipinski definition) is 1. The fraction of sp³-hybridized carbons (Fsp3) is 0.0435. The zero-order chi connectivity index (χ0) is 19.7. The summed E-state index contributed by atoms with van der Waals surface area (Å²) in [6, 6.07) is 22.4. The van der Waals surface area contributed by atoms with Gasteiger partial charge < -0.3 is 5.32 Å². The van der Waals surface area contributed by atoms with Gasteiger partial charge >= 0.3 is 0 Å². The first-order chi connectivity index (χ1) is 13.5. The van der Waals surface area contributed by atoms with Gasteiger partial charge in [0.25, 0.3) is 5.91 Å². The fourth-order valence-corrected chi connectivity index (χ4v) is 3.60. The summed E-state index contributed by atoms with van der Waals surface area (Å²) in [5.74, 6) is -0.252. The largest absolute Gasteiger partial charge is 0.321 e. The predicted octanol–water partition coefficient (Wildman–Crippen LogP) is 6.77. The second kappa shape index (κ2) is 7.63. The average Bonchev–Trinajstić information content (AvgIpc) is 2.69. The number of pyridine rings is 1. The van der Waals surface area contributed by atoms with E-state index in [0.29, 0.717) is 21.3 Å². The van der Waals surface area contributed by atoms with E-state index in [1.165, 1.54) is 0 Å². The average molecular weight is 407 g/mol. The van der Waals surface area contributed by atoms with Crippen LogP contribution >= 0.6 is 23.2 Å². The Kier molecular flexibility index (Phi) is 5.03. The molecule has 0 radical (unpaired) electrons. The van der Waals surface area contributed by atoms with Gasteiger partial charge in [0, 0.05) is 16.0 Å². The van der Waals surface area contributed by atoms with Gasteiger partial charge in [-0.05, 0) is 42.8 Å². The van der Waals surface area contributed by atoms with Gasteiger partial charge in [0.05, 0.1) is 27.5 Å². The van der Waals surface area contributed by atoms with Gasteiger partial charge in [0.15, 0.2) is 0 Å². The maximum absolute atomic E-state index is 13.1. The minimum atomic E-state index is -0.252. The third kappa shape index (κ3) is 3.59. The number of fused-ring (bicyclic) bond motifs is 1. The molecule has 1 amide bonds. The molecule has 3 nitrogen and oxygen atoms in total. The highest BCUT2D eigenvalue weighted by Crippen LogP contribution is 2.29. The van der Waals surface area contributed by atoms with Crippen molar-refractivity contribution in [1.82, 2.24) is 4.98 Å². The first-order valence-electron chi connectivity index (χ1n) is 8.75. The number of rotatable bonds is 3. The van der Waals surface area contributed by atoms with Crippen molar-refractivity contribution in [3.05, 3.63) is 94.0 Å². The molecule has 0 saturated carbocycles. The molecule has 1 heterocycles. The Labute approximate surface area is 172 Å². The molecule has 0 aliphatic heterocycles. The molecule has 0 spiro atoms. The number of para-hydroxylation sites is 1. The van der Waals surface area contributed by atoms with Crippen molar-refractivity contribution in [3.63, 3.8) is 0 Å². The molecule has 4 rings (SSSR count). The molecule has 0 bridgehead atoms. The fourth-order valence-electron chi connectivity index (χ4n) is 3.14. The van der Waals surface area contributed by atoms with Crippen LogP contribution in [0.5, 0.6) is 0 Å². The summed E-state index contributed by atoms with van der Waals surface area (Å²) in [5, 5.41) is 4.56. The number of carbonyl (C=O) groups excluding carboxylic acids is 1. The summed E-state index contributed by atoms with van der Waals surface area (Å²) in [5.41, 5.74) is 4.65. The van der Waals surface area contributed by atoms with Crippen LogP contribution in [0.3, 0.4) is 0 Å². The Bertz CT molecular complexity index is 1200. The van der Waals surface area contributed by atoms with Gasteiger partial charge in [-0.2, -0.15) is 0 Å². The summed E-state index contributed by atoms with van der Waals surface area (Å²) in [6.07, 6.45) is 0. The Morgan fingerprint density at radius 1 is 0.929 bits per heavy atom. The van der Waals surface area contributed by atoms with Crippen LogP contribution in [0.15, 0.2) is 72.8 Å². The monoisotopic (exact) mass is 406 g/mol. The molecule has 0 atom stereocenters. The van der Waals surface area contributed by atoms with Crippen LogP contribution in [0.4, 0.5) is 5.69 Å². The first-order valence-corrected chi connectivity index (χ1v) is 9.51. The van der Waals surface area contributed by atoms with E-state index in [9.17, 15) is 4.79 Å². The number of hydrogen-bond acceptors (Lipinski definition) is 2. The van der Waals surface area contributed by atoms with E-state index in [2.05, 4.69) is 5.32 Å². The Morgan fingerprint density at radius 2 is 1.68 bits per heavy atom. The molecule has 0 aliphatic carbocycles. The van der Waals surface area contributed by atoms with Crippen molar-refractivity contribution in [2.24, 2.45) is 0 Å². The summed E-state index contributed by atoms with van der Waals surface area (Å²) in [4.78, 5) is 17.9. The van der Waals surface area contributed by atoms with Gasteiger partial charge in [-0.25, -0.2) is 4.98 Å². The van der Waals surface area contributed by atoms with Crippen molar-refractivity contribution >= 4 is 45.7 Å². The number of nitrogens with one attached hydrogen (secondary N) is 1. The number of anilines is 1. The number of amides is 1. The number of benzene rings is 3. The molecule has 28 heavy (non-hydrogen) atoms. The lowest BCUT2D eigenvalue weighted by Gasteiger charge is -2.12. The zero-order valence-corrected chi connectivity index (χ0v) is 16.6. The standard InChI is InChI=1S/C23H16Cl2N2O/c1-14-6-2-3-7-16(14)22-13-18(17-8-4-5-9-20(17)26-22)23(28)27-21-11-10-15(24)12-19(21)25/h2-13H,1H3,(H,27,28).